The van der Waals surface area contributed by atoms with Crippen LogP contribution < -0.4 is 9.47 Å². The number of piperidine rings is 1. The normalized spacial score (nSPS) is 14.9. The minimum atomic E-state index is -0.0487. The van der Waals surface area contributed by atoms with Crippen LogP contribution in [0.5, 0.6) is 11.5 Å². The number of nitrogens with zero attached hydrogens (tertiary/aromatic N) is 1. The van der Waals surface area contributed by atoms with Crippen molar-refractivity contribution >= 4 is 17.8 Å². The summed E-state index contributed by atoms with van der Waals surface area (Å²) < 4.78 is 10.5. The van der Waals surface area contributed by atoms with Crippen molar-refractivity contribution in [1.82, 2.24) is 4.90 Å². The van der Waals surface area contributed by atoms with Crippen molar-refractivity contribution in [3.05, 3.63) is 65.7 Å². The van der Waals surface area contributed by atoms with Crippen molar-refractivity contribution in [3.8, 4) is 11.5 Å². The molecule has 1 aliphatic rings. The molecule has 0 aromatic heterocycles. The minimum Gasteiger partial charge on any atom is -0.497 e. The van der Waals surface area contributed by atoms with Crippen molar-refractivity contribution < 1.29 is 19.1 Å². The third kappa shape index (κ3) is 4.80. The highest BCUT2D eigenvalue weighted by Gasteiger charge is 2.27. The van der Waals surface area contributed by atoms with Gasteiger partial charge in [-0.15, -0.1) is 0 Å². The lowest BCUT2D eigenvalue weighted by molar-refractivity contribution is -0.127. The lowest BCUT2D eigenvalue weighted by Crippen LogP contribution is -2.39. The fourth-order valence-electron chi connectivity index (χ4n) is 3.40. The molecule has 1 saturated heterocycles. The van der Waals surface area contributed by atoms with Crippen molar-refractivity contribution in [2.75, 3.05) is 27.3 Å². The number of likely N-dealkylation sites (tertiary alicyclic amines) is 1. The van der Waals surface area contributed by atoms with Gasteiger partial charge in [0.25, 0.3) is 0 Å². The zero-order valence-corrected chi connectivity index (χ0v) is 16.3. The van der Waals surface area contributed by atoms with E-state index < -0.39 is 0 Å². The number of hydrogen-bond donors (Lipinski definition) is 0. The number of Topliss-reactive ketones (excluding diaryl/α,β-unsaturated/α-hetero) is 1. The zero-order valence-electron chi connectivity index (χ0n) is 16.3. The summed E-state index contributed by atoms with van der Waals surface area (Å²) in [7, 11) is 3.18. The van der Waals surface area contributed by atoms with Gasteiger partial charge in [-0.2, -0.15) is 0 Å². The van der Waals surface area contributed by atoms with E-state index in [0.717, 1.165) is 11.1 Å². The number of amides is 1. The molecule has 5 nitrogen and oxygen atoms in total. The number of methoxy groups -OCH3 is 2. The summed E-state index contributed by atoms with van der Waals surface area (Å²) in [6.45, 7) is 1.18. The number of carbonyl (C=O) groups is 2. The second-order valence-corrected chi connectivity index (χ2v) is 6.81. The van der Waals surface area contributed by atoms with Gasteiger partial charge in [0.15, 0.2) is 5.78 Å². The van der Waals surface area contributed by atoms with E-state index >= 15 is 0 Å². The number of benzene rings is 2. The van der Waals surface area contributed by atoms with Crippen LogP contribution in [0.1, 0.15) is 28.8 Å². The first kappa shape index (κ1) is 19.7. The van der Waals surface area contributed by atoms with E-state index in [1.165, 1.54) is 0 Å². The highest BCUT2D eigenvalue weighted by Crippen LogP contribution is 2.24. The standard InChI is InChI=1S/C23H25NO4/c1-27-20-14-17(15-21(16-20)28-2)8-9-22(25)24-12-10-19(11-13-24)23(26)18-6-4-3-5-7-18/h3-9,14-16,19H,10-13H2,1-2H3/b9-8+. The van der Waals surface area contributed by atoms with Crippen molar-refractivity contribution in [2.45, 2.75) is 12.8 Å². The topological polar surface area (TPSA) is 55.8 Å². The van der Waals surface area contributed by atoms with Gasteiger partial charge in [-0.05, 0) is 36.6 Å². The fourth-order valence-corrected chi connectivity index (χ4v) is 3.40. The monoisotopic (exact) mass is 379 g/mol. The number of ether oxygens (including phenoxy) is 2. The van der Waals surface area contributed by atoms with Gasteiger partial charge in [0.2, 0.25) is 5.91 Å². The first-order chi connectivity index (χ1) is 13.6. The van der Waals surface area contributed by atoms with Crippen LogP contribution in [0.15, 0.2) is 54.6 Å². The first-order valence-electron chi connectivity index (χ1n) is 9.40. The fraction of sp³-hybridized carbons (Fsp3) is 0.304. The van der Waals surface area contributed by atoms with Crippen molar-refractivity contribution in [3.63, 3.8) is 0 Å². The maximum Gasteiger partial charge on any atom is 0.246 e. The van der Waals surface area contributed by atoms with Gasteiger partial charge in [0, 0.05) is 36.7 Å². The van der Waals surface area contributed by atoms with Crippen LogP contribution in [-0.4, -0.2) is 43.9 Å². The molecule has 146 valence electrons. The van der Waals surface area contributed by atoms with Crippen LogP contribution in [0, 0.1) is 5.92 Å². The third-order valence-corrected chi connectivity index (χ3v) is 5.03. The van der Waals surface area contributed by atoms with E-state index in [9.17, 15) is 9.59 Å². The summed E-state index contributed by atoms with van der Waals surface area (Å²) in [5.74, 6) is 1.45. The van der Waals surface area contributed by atoms with Gasteiger partial charge >= 0.3 is 0 Å². The molecule has 1 heterocycles. The molecule has 0 aliphatic carbocycles. The van der Waals surface area contributed by atoms with Crippen LogP contribution in [0.3, 0.4) is 0 Å². The Bertz CT molecular complexity index is 830. The Morgan fingerprint density at radius 3 is 2.14 bits per heavy atom. The lowest BCUT2D eigenvalue weighted by atomic mass is 9.89. The molecule has 0 bridgehead atoms. The average molecular weight is 379 g/mol. The molecule has 1 fully saturated rings. The molecule has 0 radical (unpaired) electrons. The Morgan fingerprint density at radius 1 is 0.964 bits per heavy atom. The molecule has 2 aromatic rings. The molecular formula is C23H25NO4. The summed E-state index contributed by atoms with van der Waals surface area (Å²) in [4.78, 5) is 26.9. The average Bonchev–Trinajstić information content (AvgIpc) is 2.77. The van der Waals surface area contributed by atoms with Gasteiger partial charge < -0.3 is 14.4 Å². The summed E-state index contributed by atoms with van der Waals surface area (Å²) in [6, 6.07) is 14.8. The largest absolute Gasteiger partial charge is 0.497 e. The SMILES string of the molecule is COc1cc(/C=C/C(=O)N2CCC(C(=O)c3ccccc3)CC2)cc(OC)c1. The van der Waals surface area contributed by atoms with Crippen molar-refractivity contribution in [2.24, 2.45) is 5.92 Å². The van der Waals surface area contributed by atoms with Crippen LogP contribution in [0.25, 0.3) is 6.08 Å². The van der Waals surface area contributed by atoms with E-state index in [4.69, 9.17) is 9.47 Å². The highest BCUT2D eigenvalue weighted by atomic mass is 16.5. The molecule has 1 aliphatic heterocycles. The molecular weight excluding hydrogens is 354 g/mol. The summed E-state index contributed by atoms with van der Waals surface area (Å²) in [5.41, 5.74) is 1.58. The number of hydrogen-bond acceptors (Lipinski definition) is 4. The molecule has 0 spiro atoms. The van der Waals surface area contributed by atoms with Crippen molar-refractivity contribution in [1.29, 1.82) is 0 Å². The van der Waals surface area contributed by atoms with Crippen LogP contribution in [0.4, 0.5) is 0 Å². The number of carbonyl (C=O) groups excluding carboxylic acids is 2. The van der Waals surface area contributed by atoms with Gasteiger partial charge in [-0.3, -0.25) is 9.59 Å². The first-order valence-corrected chi connectivity index (χ1v) is 9.40. The number of ketones is 1. The van der Waals surface area contributed by atoms with E-state index in [1.54, 1.807) is 37.3 Å². The van der Waals surface area contributed by atoms with E-state index in [1.807, 2.05) is 42.5 Å². The van der Waals surface area contributed by atoms with Crippen LogP contribution in [0.2, 0.25) is 0 Å². The summed E-state index contributed by atoms with van der Waals surface area (Å²) in [5, 5.41) is 0. The Kier molecular flexibility index (Phi) is 6.48. The van der Waals surface area contributed by atoms with E-state index in [-0.39, 0.29) is 17.6 Å². The summed E-state index contributed by atoms with van der Waals surface area (Å²) in [6.07, 6.45) is 4.71. The summed E-state index contributed by atoms with van der Waals surface area (Å²) >= 11 is 0. The molecule has 1 amide bonds. The lowest BCUT2D eigenvalue weighted by Gasteiger charge is -2.30. The second-order valence-electron chi connectivity index (χ2n) is 6.81. The Balaban J connectivity index is 1.58. The number of rotatable bonds is 6. The van der Waals surface area contributed by atoms with Gasteiger partial charge in [-0.25, -0.2) is 0 Å². The Morgan fingerprint density at radius 2 is 1.57 bits per heavy atom. The molecule has 0 saturated carbocycles. The molecule has 0 N–H and O–H groups in total. The molecule has 2 aromatic carbocycles. The predicted octanol–water partition coefficient (Wildman–Crippen LogP) is 3.84. The Hall–Kier alpha value is -3.08. The van der Waals surface area contributed by atoms with Gasteiger partial charge in [0.05, 0.1) is 14.2 Å². The molecule has 5 heteroatoms. The van der Waals surface area contributed by atoms with Crippen LogP contribution in [-0.2, 0) is 4.79 Å². The van der Waals surface area contributed by atoms with Gasteiger partial charge in [-0.1, -0.05) is 30.3 Å². The molecule has 0 atom stereocenters. The third-order valence-electron chi connectivity index (χ3n) is 5.03. The molecule has 28 heavy (non-hydrogen) atoms. The minimum absolute atomic E-state index is 0.0157. The highest BCUT2D eigenvalue weighted by molar-refractivity contribution is 5.98. The Labute approximate surface area is 165 Å². The zero-order chi connectivity index (χ0) is 19.9. The predicted molar refractivity (Wildman–Crippen MR) is 109 cm³/mol. The van der Waals surface area contributed by atoms with E-state index in [0.29, 0.717) is 37.4 Å². The molecule has 3 rings (SSSR count). The smallest absolute Gasteiger partial charge is 0.246 e. The van der Waals surface area contributed by atoms with Gasteiger partial charge in [0.1, 0.15) is 11.5 Å². The van der Waals surface area contributed by atoms with E-state index in [2.05, 4.69) is 0 Å². The quantitative estimate of drug-likeness (QED) is 0.565. The second kappa shape index (κ2) is 9.22. The molecule has 0 unspecified atom stereocenters. The maximum absolute atomic E-state index is 12.6. The van der Waals surface area contributed by atoms with Crippen LogP contribution >= 0.6 is 0 Å². The maximum atomic E-state index is 12.6.